The quantitative estimate of drug-likeness (QED) is 0.713. The molecule has 0 aliphatic carbocycles. The third-order valence-electron chi connectivity index (χ3n) is 3.31. The molecule has 2 N–H and O–H groups in total. The van der Waals surface area contributed by atoms with E-state index in [9.17, 15) is 4.79 Å². The van der Waals surface area contributed by atoms with E-state index < -0.39 is 0 Å². The first-order chi connectivity index (χ1) is 10.0. The van der Waals surface area contributed by atoms with Crippen LogP contribution in [0.3, 0.4) is 0 Å². The molecule has 2 amide bonds. The fourth-order valence-electron chi connectivity index (χ4n) is 2.26. The molecule has 0 aliphatic rings. The van der Waals surface area contributed by atoms with Crippen molar-refractivity contribution in [1.82, 2.24) is 5.32 Å². The van der Waals surface area contributed by atoms with E-state index in [4.69, 9.17) is 4.74 Å². The molecule has 4 heteroatoms. The van der Waals surface area contributed by atoms with Gasteiger partial charge in [-0.3, -0.25) is 0 Å². The Kier molecular flexibility index (Phi) is 7.83. The molecular weight excluding hydrogens is 264 g/mol. The van der Waals surface area contributed by atoms with Crippen molar-refractivity contribution in [3.05, 3.63) is 28.8 Å². The zero-order valence-corrected chi connectivity index (χ0v) is 13.7. The minimum absolute atomic E-state index is 0.154. The van der Waals surface area contributed by atoms with Gasteiger partial charge in [-0.25, -0.2) is 4.79 Å². The van der Waals surface area contributed by atoms with Gasteiger partial charge in [0.1, 0.15) is 0 Å². The average molecular weight is 292 g/mol. The van der Waals surface area contributed by atoms with E-state index in [1.807, 2.05) is 13.8 Å². The number of carbonyl (C=O) groups is 1. The molecule has 0 atom stereocenters. The third-order valence-corrected chi connectivity index (χ3v) is 3.31. The molecule has 1 rings (SSSR count). The monoisotopic (exact) mass is 292 g/mol. The Hall–Kier alpha value is -1.55. The highest BCUT2D eigenvalue weighted by molar-refractivity contribution is 5.91. The van der Waals surface area contributed by atoms with Crippen LogP contribution in [0.2, 0.25) is 0 Å². The summed E-state index contributed by atoms with van der Waals surface area (Å²) >= 11 is 0. The summed E-state index contributed by atoms with van der Waals surface area (Å²) in [5.41, 5.74) is 4.29. The maximum atomic E-state index is 11.9. The molecule has 0 heterocycles. The fourth-order valence-corrected chi connectivity index (χ4v) is 2.26. The smallest absolute Gasteiger partial charge is 0.319 e. The number of amides is 2. The van der Waals surface area contributed by atoms with Crippen LogP contribution in [0.1, 0.15) is 42.9 Å². The van der Waals surface area contributed by atoms with Crippen molar-refractivity contribution in [2.24, 2.45) is 0 Å². The summed E-state index contributed by atoms with van der Waals surface area (Å²) in [6.45, 7) is 10.4. The second kappa shape index (κ2) is 9.40. The molecular formula is C17H28N2O2. The van der Waals surface area contributed by atoms with Crippen molar-refractivity contribution >= 4 is 11.7 Å². The SMILES string of the molecule is CCCCOCCCNC(=O)Nc1c(C)cc(C)cc1C. The maximum absolute atomic E-state index is 11.9. The topological polar surface area (TPSA) is 50.4 Å². The number of urea groups is 1. The molecule has 0 radical (unpaired) electrons. The van der Waals surface area contributed by atoms with Gasteiger partial charge in [-0.1, -0.05) is 31.0 Å². The van der Waals surface area contributed by atoms with Crippen LogP contribution in [-0.2, 0) is 4.74 Å². The highest BCUT2D eigenvalue weighted by atomic mass is 16.5. The van der Waals surface area contributed by atoms with E-state index >= 15 is 0 Å². The summed E-state index contributed by atoms with van der Waals surface area (Å²) in [4.78, 5) is 11.9. The van der Waals surface area contributed by atoms with Crippen LogP contribution < -0.4 is 10.6 Å². The van der Waals surface area contributed by atoms with Crippen molar-refractivity contribution in [2.75, 3.05) is 25.1 Å². The summed E-state index contributed by atoms with van der Waals surface area (Å²) < 4.78 is 5.45. The highest BCUT2D eigenvalue weighted by Gasteiger charge is 2.07. The Morgan fingerprint density at radius 2 is 1.71 bits per heavy atom. The highest BCUT2D eigenvalue weighted by Crippen LogP contribution is 2.21. The second-order valence-corrected chi connectivity index (χ2v) is 5.47. The van der Waals surface area contributed by atoms with Crippen molar-refractivity contribution in [1.29, 1.82) is 0 Å². The second-order valence-electron chi connectivity index (χ2n) is 5.47. The van der Waals surface area contributed by atoms with E-state index in [0.717, 1.165) is 42.7 Å². The predicted octanol–water partition coefficient (Wildman–Crippen LogP) is 3.94. The van der Waals surface area contributed by atoms with Gasteiger partial charge in [0.25, 0.3) is 0 Å². The molecule has 0 aromatic heterocycles. The average Bonchev–Trinajstić information content (AvgIpc) is 2.42. The van der Waals surface area contributed by atoms with Gasteiger partial charge in [0.15, 0.2) is 0 Å². The summed E-state index contributed by atoms with van der Waals surface area (Å²) in [5, 5.41) is 5.79. The van der Waals surface area contributed by atoms with Crippen LogP contribution >= 0.6 is 0 Å². The molecule has 0 unspecified atom stereocenters. The standard InChI is InChI=1S/C17H28N2O2/c1-5-6-9-21-10-7-8-18-17(20)19-16-14(3)11-13(2)12-15(16)4/h11-12H,5-10H2,1-4H3,(H2,18,19,20). The van der Waals surface area contributed by atoms with E-state index in [1.54, 1.807) is 0 Å². The fraction of sp³-hybridized carbons (Fsp3) is 0.588. The maximum Gasteiger partial charge on any atom is 0.319 e. The number of benzene rings is 1. The lowest BCUT2D eigenvalue weighted by Gasteiger charge is -2.13. The molecule has 0 bridgehead atoms. The van der Waals surface area contributed by atoms with Crippen molar-refractivity contribution in [3.63, 3.8) is 0 Å². The molecule has 0 saturated heterocycles. The minimum atomic E-state index is -0.154. The number of hydrogen-bond acceptors (Lipinski definition) is 2. The molecule has 0 fully saturated rings. The molecule has 0 aliphatic heterocycles. The van der Waals surface area contributed by atoms with Gasteiger partial charge in [0, 0.05) is 25.4 Å². The number of unbranched alkanes of at least 4 members (excludes halogenated alkanes) is 1. The van der Waals surface area contributed by atoms with Crippen LogP contribution in [0.25, 0.3) is 0 Å². The van der Waals surface area contributed by atoms with Gasteiger partial charge >= 0.3 is 6.03 Å². The summed E-state index contributed by atoms with van der Waals surface area (Å²) in [5.74, 6) is 0. The number of hydrogen-bond donors (Lipinski definition) is 2. The number of rotatable bonds is 8. The van der Waals surface area contributed by atoms with Gasteiger partial charge < -0.3 is 15.4 Å². The van der Waals surface area contributed by atoms with Gasteiger partial charge in [-0.15, -0.1) is 0 Å². The summed E-state index contributed by atoms with van der Waals surface area (Å²) in [6, 6.07) is 3.99. The van der Waals surface area contributed by atoms with Crippen LogP contribution in [-0.4, -0.2) is 25.8 Å². The number of nitrogens with one attached hydrogen (secondary N) is 2. The zero-order chi connectivity index (χ0) is 15.7. The number of ether oxygens (including phenoxy) is 1. The lowest BCUT2D eigenvalue weighted by Crippen LogP contribution is -2.30. The number of aryl methyl sites for hydroxylation is 3. The third kappa shape index (κ3) is 6.63. The van der Waals surface area contributed by atoms with Gasteiger partial charge in [0.2, 0.25) is 0 Å². The van der Waals surface area contributed by atoms with Crippen molar-refractivity contribution < 1.29 is 9.53 Å². The minimum Gasteiger partial charge on any atom is -0.381 e. The van der Waals surface area contributed by atoms with Gasteiger partial charge in [0.05, 0.1) is 0 Å². The Balaban J connectivity index is 2.28. The Labute approximate surface area is 128 Å². The van der Waals surface area contributed by atoms with Crippen LogP contribution in [0.5, 0.6) is 0 Å². The number of anilines is 1. The first-order valence-electron chi connectivity index (χ1n) is 7.75. The largest absolute Gasteiger partial charge is 0.381 e. The van der Waals surface area contributed by atoms with E-state index in [1.165, 1.54) is 5.56 Å². The van der Waals surface area contributed by atoms with Gasteiger partial charge in [-0.2, -0.15) is 0 Å². The molecule has 0 saturated carbocycles. The molecule has 1 aromatic rings. The van der Waals surface area contributed by atoms with Crippen LogP contribution in [0.4, 0.5) is 10.5 Å². The van der Waals surface area contributed by atoms with Crippen molar-refractivity contribution in [2.45, 2.75) is 47.0 Å². The van der Waals surface area contributed by atoms with Crippen LogP contribution in [0.15, 0.2) is 12.1 Å². The normalized spacial score (nSPS) is 10.5. The first kappa shape index (κ1) is 17.5. The lowest BCUT2D eigenvalue weighted by molar-refractivity contribution is 0.129. The van der Waals surface area contributed by atoms with Crippen molar-refractivity contribution in [3.8, 4) is 0 Å². The first-order valence-corrected chi connectivity index (χ1v) is 7.75. The Morgan fingerprint density at radius 3 is 2.33 bits per heavy atom. The Morgan fingerprint density at radius 1 is 1.10 bits per heavy atom. The van der Waals surface area contributed by atoms with Gasteiger partial charge in [-0.05, 0) is 44.7 Å². The molecule has 0 spiro atoms. The van der Waals surface area contributed by atoms with E-state index in [0.29, 0.717) is 13.2 Å². The lowest BCUT2D eigenvalue weighted by atomic mass is 10.1. The molecule has 1 aromatic carbocycles. The molecule has 4 nitrogen and oxygen atoms in total. The zero-order valence-electron chi connectivity index (χ0n) is 13.7. The predicted molar refractivity (Wildman–Crippen MR) is 88.0 cm³/mol. The Bertz CT molecular complexity index is 435. The summed E-state index contributed by atoms with van der Waals surface area (Å²) in [7, 11) is 0. The molecule has 118 valence electrons. The van der Waals surface area contributed by atoms with E-state index in [-0.39, 0.29) is 6.03 Å². The van der Waals surface area contributed by atoms with Crippen LogP contribution in [0, 0.1) is 20.8 Å². The molecule has 21 heavy (non-hydrogen) atoms. The number of carbonyl (C=O) groups excluding carboxylic acids is 1. The van der Waals surface area contributed by atoms with E-state index in [2.05, 4.69) is 36.6 Å². The summed E-state index contributed by atoms with van der Waals surface area (Å²) in [6.07, 6.45) is 3.08.